The lowest BCUT2D eigenvalue weighted by Gasteiger charge is -2.21. The first-order chi connectivity index (χ1) is 8.21. The Morgan fingerprint density at radius 2 is 1.83 bits per heavy atom. The Morgan fingerprint density at radius 3 is 2.33 bits per heavy atom. The van der Waals surface area contributed by atoms with Gasteiger partial charge >= 0.3 is 5.51 Å². The summed E-state index contributed by atoms with van der Waals surface area (Å²) in [4.78, 5) is 0.730. The van der Waals surface area contributed by atoms with Crippen molar-refractivity contribution in [2.75, 3.05) is 23.8 Å². The second-order valence-corrected chi connectivity index (χ2v) is 6.23. The summed E-state index contributed by atoms with van der Waals surface area (Å²) in [6.45, 7) is 0.393. The summed E-state index contributed by atoms with van der Waals surface area (Å²) in [6.07, 6.45) is 0. The van der Waals surface area contributed by atoms with Crippen molar-refractivity contribution in [3.8, 4) is 0 Å². The molecule has 0 atom stereocenters. The highest BCUT2D eigenvalue weighted by Gasteiger charge is 2.48. The smallest absolute Gasteiger partial charge is 0.373 e. The van der Waals surface area contributed by atoms with Crippen LogP contribution in [0.2, 0.25) is 0 Å². The molecule has 0 saturated carbocycles. The van der Waals surface area contributed by atoms with Gasteiger partial charge in [0.25, 0.3) is 9.84 Å². The van der Waals surface area contributed by atoms with E-state index in [1.54, 1.807) is 0 Å². The van der Waals surface area contributed by atoms with E-state index in [0.717, 1.165) is 6.07 Å². The Morgan fingerprint density at radius 1 is 1.28 bits per heavy atom. The number of sulfone groups is 1. The molecule has 102 valence electrons. The molecule has 0 aromatic heterocycles. The summed E-state index contributed by atoms with van der Waals surface area (Å²) < 4.78 is 60.4. The molecular weight excluding hydrogens is 335 g/mol. The van der Waals surface area contributed by atoms with E-state index in [1.807, 2.05) is 0 Å². The first-order valence-electron chi connectivity index (χ1n) is 4.89. The van der Waals surface area contributed by atoms with Crippen LogP contribution in [0.4, 0.5) is 18.9 Å². The van der Waals surface area contributed by atoms with Crippen LogP contribution in [0.3, 0.4) is 0 Å². The van der Waals surface area contributed by atoms with E-state index in [4.69, 9.17) is 0 Å². The van der Waals surface area contributed by atoms with Crippen molar-refractivity contribution >= 4 is 31.5 Å². The summed E-state index contributed by atoms with van der Waals surface area (Å²) in [5.41, 5.74) is -5.26. The molecule has 0 spiro atoms. The minimum Gasteiger partial charge on any atom is -0.373 e. The SMILES string of the molecule is CN(CCBr)c1ccccc1S(=O)(=O)C(F)(F)F. The van der Waals surface area contributed by atoms with Crippen LogP contribution in [0.25, 0.3) is 0 Å². The van der Waals surface area contributed by atoms with Gasteiger partial charge in [-0.25, -0.2) is 8.42 Å². The van der Waals surface area contributed by atoms with Crippen LogP contribution in [0, 0.1) is 0 Å². The topological polar surface area (TPSA) is 37.4 Å². The summed E-state index contributed by atoms with van der Waals surface area (Å²) in [5, 5.41) is 0.518. The minimum atomic E-state index is -5.33. The van der Waals surface area contributed by atoms with Gasteiger partial charge in [-0.15, -0.1) is 0 Å². The van der Waals surface area contributed by atoms with E-state index in [-0.39, 0.29) is 5.69 Å². The van der Waals surface area contributed by atoms with Crippen LogP contribution < -0.4 is 4.90 Å². The number of benzene rings is 1. The molecule has 0 amide bonds. The maximum absolute atomic E-state index is 12.5. The number of rotatable bonds is 4. The number of halogens is 4. The molecule has 0 aliphatic heterocycles. The quantitative estimate of drug-likeness (QED) is 0.787. The van der Waals surface area contributed by atoms with Gasteiger partial charge in [-0.2, -0.15) is 13.2 Å². The van der Waals surface area contributed by atoms with Crippen LogP contribution >= 0.6 is 15.9 Å². The van der Waals surface area contributed by atoms with Crippen LogP contribution in [0.5, 0.6) is 0 Å². The summed E-state index contributed by atoms with van der Waals surface area (Å²) in [6, 6.07) is 5.07. The third-order valence-electron chi connectivity index (χ3n) is 2.29. The standard InChI is InChI=1S/C10H11BrF3NO2S/c1-15(7-6-11)8-4-2-3-5-9(8)18(16,17)10(12,13)14/h2-5H,6-7H2,1H3. The van der Waals surface area contributed by atoms with Gasteiger partial charge in [0.05, 0.1) is 10.6 Å². The Balaban J connectivity index is 3.35. The maximum atomic E-state index is 12.5. The minimum absolute atomic E-state index is 0.0364. The van der Waals surface area contributed by atoms with Gasteiger partial charge in [-0.1, -0.05) is 28.1 Å². The lowest BCUT2D eigenvalue weighted by atomic mass is 10.3. The molecule has 8 heteroatoms. The summed E-state index contributed by atoms with van der Waals surface area (Å²) in [7, 11) is -3.79. The van der Waals surface area contributed by atoms with Gasteiger partial charge in [-0.3, -0.25) is 0 Å². The molecule has 0 aliphatic carbocycles. The van der Waals surface area contributed by atoms with Gasteiger partial charge in [0.1, 0.15) is 0 Å². The average Bonchev–Trinajstić information content (AvgIpc) is 2.28. The van der Waals surface area contributed by atoms with Gasteiger partial charge in [-0.05, 0) is 12.1 Å². The zero-order valence-electron chi connectivity index (χ0n) is 9.41. The van der Waals surface area contributed by atoms with E-state index < -0.39 is 20.2 Å². The molecule has 18 heavy (non-hydrogen) atoms. The largest absolute Gasteiger partial charge is 0.501 e. The lowest BCUT2D eigenvalue weighted by Crippen LogP contribution is -2.27. The van der Waals surface area contributed by atoms with Gasteiger partial charge < -0.3 is 4.90 Å². The number of nitrogens with zero attached hydrogens (tertiary/aromatic N) is 1. The van der Waals surface area contributed by atoms with Gasteiger partial charge in [0.2, 0.25) is 0 Å². The molecule has 0 fully saturated rings. The fourth-order valence-electron chi connectivity index (χ4n) is 1.37. The van der Waals surface area contributed by atoms with E-state index in [2.05, 4.69) is 15.9 Å². The third kappa shape index (κ3) is 2.97. The van der Waals surface area contributed by atoms with Crippen LogP contribution in [-0.4, -0.2) is 32.8 Å². The monoisotopic (exact) mass is 345 g/mol. The van der Waals surface area contributed by atoms with Gasteiger partial charge in [0, 0.05) is 18.9 Å². The molecule has 0 unspecified atom stereocenters. The fraction of sp³-hybridized carbons (Fsp3) is 0.400. The second kappa shape index (κ2) is 5.48. The van der Waals surface area contributed by atoms with E-state index >= 15 is 0 Å². The zero-order chi connectivity index (χ0) is 14.0. The van der Waals surface area contributed by atoms with Crippen molar-refractivity contribution in [1.29, 1.82) is 0 Å². The molecule has 1 rings (SSSR count). The number of anilines is 1. The molecule has 0 N–H and O–H groups in total. The van der Waals surface area contributed by atoms with Crippen molar-refractivity contribution in [3.63, 3.8) is 0 Å². The predicted molar refractivity (Wildman–Crippen MR) is 66.7 cm³/mol. The molecule has 0 heterocycles. The van der Waals surface area contributed by atoms with Crippen LogP contribution in [-0.2, 0) is 9.84 Å². The molecule has 0 saturated heterocycles. The number of alkyl halides is 4. The molecule has 1 aromatic carbocycles. The Bertz CT molecular complexity index is 516. The van der Waals surface area contributed by atoms with Crippen molar-refractivity contribution in [2.24, 2.45) is 0 Å². The third-order valence-corrected chi connectivity index (χ3v) is 4.18. The summed E-state index contributed by atoms with van der Waals surface area (Å²) in [5.74, 6) is 0. The fourth-order valence-corrected chi connectivity index (χ4v) is 2.91. The van der Waals surface area contributed by atoms with Crippen molar-refractivity contribution in [3.05, 3.63) is 24.3 Å². The normalized spacial score (nSPS) is 12.5. The number of para-hydroxylation sites is 1. The van der Waals surface area contributed by atoms with Crippen molar-refractivity contribution in [2.45, 2.75) is 10.4 Å². The lowest BCUT2D eigenvalue weighted by molar-refractivity contribution is -0.0435. The Hall–Kier alpha value is -0.760. The van der Waals surface area contributed by atoms with Crippen LogP contribution in [0.15, 0.2) is 29.2 Å². The highest BCUT2D eigenvalue weighted by Crippen LogP contribution is 2.35. The first-order valence-corrected chi connectivity index (χ1v) is 7.49. The molecule has 3 nitrogen and oxygen atoms in total. The highest BCUT2D eigenvalue weighted by molar-refractivity contribution is 9.09. The average molecular weight is 346 g/mol. The zero-order valence-corrected chi connectivity index (χ0v) is 11.8. The molecule has 0 bridgehead atoms. The number of hydrogen-bond donors (Lipinski definition) is 0. The Labute approximate surface area is 112 Å². The van der Waals surface area contributed by atoms with Gasteiger partial charge in [0.15, 0.2) is 0 Å². The first kappa shape index (κ1) is 15.3. The Kier molecular flexibility index (Phi) is 4.66. The van der Waals surface area contributed by atoms with E-state index in [0.29, 0.717) is 11.9 Å². The van der Waals surface area contributed by atoms with Crippen molar-refractivity contribution < 1.29 is 21.6 Å². The van der Waals surface area contributed by atoms with E-state index in [9.17, 15) is 21.6 Å². The molecular formula is C10H11BrF3NO2S. The number of hydrogen-bond acceptors (Lipinski definition) is 3. The predicted octanol–water partition coefficient (Wildman–Crippen LogP) is 2.81. The second-order valence-electron chi connectivity index (χ2n) is 3.53. The molecule has 0 radical (unpaired) electrons. The summed E-state index contributed by atoms with van der Waals surface area (Å²) >= 11 is 3.15. The van der Waals surface area contributed by atoms with Crippen molar-refractivity contribution in [1.82, 2.24) is 0 Å². The molecule has 0 aliphatic rings. The molecule has 1 aromatic rings. The van der Waals surface area contributed by atoms with Crippen LogP contribution in [0.1, 0.15) is 0 Å². The highest BCUT2D eigenvalue weighted by atomic mass is 79.9. The maximum Gasteiger partial charge on any atom is 0.501 e. The van der Waals surface area contributed by atoms with E-state index in [1.165, 1.54) is 30.1 Å².